The van der Waals surface area contributed by atoms with Crippen molar-refractivity contribution < 1.29 is 66.2 Å². The Labute approximate surface area is 205 Å². The first kappa shape index (κ1) is 27.1. The predicted molar refractivity (Wildman–Crippen MR) is 113 cm³/mol. The molecule has 0 aliphatic rings. The Bertz CT molecular complexity index is 964. The van der Waals surface area contributed by atoms with Crippen LogP contribution in [0.2, 0.25) is 0 Å². The molecule has 0 fully saturated rings. The summed E-state index contributed by atoms with van der Waals surface area (Å²) in [6.07, 6.45) is 3.84. The molecule has 2 aromatic rings. The van der Waals surface area contributed by atoms with Gasteiger partial charge in [-0.15, -0.1) is 0 Å². The Hall–Kier alpha value is -1.91. The molecule has 0 radical (unpaired) electrons. The second-order valence-corrected chi connectivity index (χ2v) is 7.69. The minimum atomic E-state index is -4.26. The standard InChI is InChI=1S/C21H26O8S.Na/c1-25-17-9-8-15(12-18(17)29-10-5-11-30(22,23)24)6-7-16-13-19(26-2)21(28-4)20(14-16)27-3;/h6-9,12-14H,5,10-11H2,1-4H3,(H,22,23,24);/q;+1/p-1/b7-6-;. The molecule has 0 heterocycles. The molecule has 0 aromatic heterocycles. The van der Waals surface area contributed by atoms with Crippen LogP contribution in [0.25, 0.3) is 12.2 Å². The number of rotatable bonds is 11. The van der Waals surface area contributed by atoms with Crippen LogP contribution >= 0.6 is 0 Å². The van der Waals surface area contributed by atoms with Crippen molar-refractivity contribution in [2.45, 2.75) is 6.42 Å². The van der Waals surface area contributed by atoms with Crippen molar-refractivity contribution in [1.82, 2.24) is 0 Å². The largest absolute Gasteiger partial charge is 1.00 e. The molecule has 0 saturated heterocycles. The minimum Gasteiger partial charge on any atom is -0.748 e. The summed E-state index contributed by atoms with van der Waals surface area (Å²) in [6.45, 7) is 0.0812. The maximum Gasteiger partial charge on any atom is 1.00 e. The van der Waals surface area contributed by atoms with E-state index in [9.17, 15) is 13.0 Å². The van der Waals surface area contributed by atoms with E-state index in [-0.39, 0.29) is 42.6 Å². The van der Waals surface area contributed by atoms with Crippen LogP contribution in [0, 0.1) is 0 Å². The molecule has 10 heteroatoms. The summed E-state index contributed by atoms with van der Waals surface area (Å²) in [5.74, 6) is 2.08. The summed E-state index contributed by atoms with van der Waals surface area (Å²) in [5.41, 5.74) is 1.67. The Kier molecular flexibility index (Phi) is 11.2. The molecular weight excluding hydrogens is 435 g/mol. The number of ether oxygens (including phenoxy) is 5. The van der Waals surface area contributed by atoms with E-state index in [0.29, 0.717) is 28.7 Å². The molecule has 31 heavy (non-hydrogen) atoms. The minimum absolute atomic E-state index is 0. The molecule has 2 aromatic carbocycles. The summed E-state index contributed by atoms with van der Waals surface area (Å²) >= 11 is 0. The zero-order valence-electron chi connectivity index (χ0n) is 18.3. The summed E-state index contributed by atoms with van der Waals surface area (Å²) in [5, 5.41) is 0. The Morgan fingerprint density at radius 1 is 0.806 bits per heavy atom. The van der Waals surface area contributed by atoms with Gasteiger partial charge in [0.1, 0.15) is 0 Å². The van der Waals surface area contributed by atoms with E-state index >= 15 is 0 Å². The molecule has 2 rings (SSSR count). The smallest absolute Gasteiger partial charge is 0.748 e. The van der Waals surface area contributed by atoms with Gasteiger partial charge in [0.25, 0.3) is 0 Å². The van der Waals surface area contributed by atoms with Crippen LogP contribution in [0.15, 0.2) is 30.3 Å². The maximum atomic E-state index is 10.7. The fourth-order valence-corrected chi connectivity index (χ4v) is 3.19. The molecule has 0 unspecified atom stereocenters. The first-order valence-electron chi connectivity index (χ1n) is 9.03. The Balaban J connectivity index is 0.00000480. The van der Waals surface area contributed by atoms with E-state index < -0.39 is 15.9 Å². The van der Waals surface area contributed by atoms with Gasteiger partial charge >= 0.3 is 29.6 Å². The summed E-state index contributed by atoms with van der Waals surface area (Å²) in [6, 6.07) is 9.00. The molecule has 0 spiro atoms. The van der Waals surface area contributed by atoms with Crippen LogP contribution in [-0.4, -0.2) is 53.8 Å². The summed E-state index contributed by atoms with van der Waals surface area (Å²) in [4.78, 5) is 0. The van der Waals surface area contributed by atoms with Gasteiger partial charge in [-0.2, -0.15) is 0 Å². The zero-order valence-corrected chi connectivity index (χ0v) is 21.2. The van der Waals surface area contributed by atoms with Crippen molar-refractivity contribution in [3.05, 3.63) is 41.5 Å². The monoisotopic (exact) mass is 460 g/mol. The van der Waals surface area contributed by atoms with Crippen molar-refractivity contribution in [2.24, 2.45) is 0 Å². The average Bonchev–Trinajstić information content (AvgIpc) is 2.73. The van der Waals surface area contributed by atoms with Crippen molar-refractivity contribution in [3.63, 3.8) is 0 Å². The van der Waals surface area contributed by atoms with E-state index in [1.807, 2.05) is 30.4 Å². The molecule has 0 atom stereocenters. The van der Waals surface area contributed by atoms with Crippen LogP contribution < -0.4 is 53.2 Å². The van der Waals surface area contributed by atoms with Crippen molar-refractivity contribution in [3.8, 4) is 28.7 Å². The second kappa shape index (κ2) is 12.8. The van der Waals surface area contributed by atoms with E-state index in [1.54, 1.807) is 33.5 Å². The van der Waals surface area contributed by atoms with Crippen LogP contribution in [0.3, 0.4) is 0 Å². The number of hydrogen-bond acceptors (Lipinski definition) is 8. The zero-order chi connectivity index (χ0) is 22.1. The van der Waals surface area contributed by atoms with Gasteiger partial charge in [-0.25, -0.2) is 8.42 Å². The van der Waals surface area contributed by atoms with Crippen molar-refractivity contribution in [2.75, 3.05) is 40.8 Å². The SMILES string of the molecule is COc1ccc(/C=C\c2cc(OC)c(OC)c(OC)c2)cc1OCCCS(=O)(=O)[O-].[Na+]. The van der Waals surface area contributed by atoms with Gasteiger partial charge in [0.15, 0.2) is 23.0 Å². The third kappa shape index (κ3) is 8.27. The van der Waals surface area contributed by atoms with Gasteiger partial charge in [0, 0.05) is 5.75 Å². The van der Waals surface area contributed by atoms with Gasteiger partial charge in [-0.3, -0.25) is 0 Å². The average molecular weight is 460 g/mol. The molecule has 164 valence electrons. The van der Waals surface area contributed by atoms with Crippen molar-refractivity contribution in [1.29, 1.82) is 0 Å². The van der Waals surface area contributed by atoms with E-state index in [0.717, 1.165) is 11.1 Å². The normalized spacial score (nSPS) is 11.0. The summed E-state index contributed by atoms with van der Waals surface area (Å²) < 4.78 is 59.0. The molecule has 8 nitrogen and oxygen atoms in total. The van der Waals surface area contributed by atoms with Crippen LogP contribution in [0.1, 0.15) is 17.5 Å². The van der Waals surface area contributed by atoms with Crippen LogP contribution in [0.4, 0.5) is 0 Å². The fourth-order valence-electron chi connectivity index (χ4n) is 2.72. The first-order chi connectivity index (χ1) is 14.3. The number of hydrogen-bond donors (Lipinski definition) is 0. The molecule has 0 amide bonds. The first-order valence-corrected chi connectivity index (χ1v) is 10.6. The quantitative estimate of drug-likeness (QED) is 0.203. The third-order valence-electron chi connectivity index (χ3n) is 4.14. The molecule has 0 aliphatic carbocycles. The van der Waals surface area contributed by atoms with Crippen molar-refractivity contribution >= 4 is 22.3 Å². The van der Waals surface area contributed by atoms with E-state index in [2.05, 4.69) is 0 Å². The van der Waals surface area contributed by atoms with E-state index in [1.165, 1.54) is 7.11 Å². The molecule has 0 N–H and O–H groups in total. The predicted octanol–water partition coefficient (Wildman–Crippen LogP) is 0.210. The van der Waals surface area contributed by atoms with Crippen LogP contribution in [-0.2, 0) is 10.1 Å². The summed E-state index contributed by atoms with van der Waals surface area (Å²) in [7, 11) is 1.90. The third-order valence-corrected chi connectivity index (χ3v) is 4.93. The topological polar surface area (TPSA) is 103 Å². The molecule has 0 bridgehead atoms. The number of benzene rings is 2. The Morgan fingerprint density at radius 2 is 1.35 bits per heavy atom. The van der Waals surface area contributed by atoms with E-state index in [4.69, 9.17) is 23.7 Å². The van der Waals surface area contributed by atoms with Gasteiger partial charge in [-0.05, 0) is 41.8 Å². The number of methoxy groups -OCH3 is 4. The van der Waals surface area contributed by atoms with Gasteiger partial charge in [-0.1, -0.05) is 18.2 Å². The van der Waals surface area contributed by atoms with Crippen LogP contribution in [0.5, 0.6) is 28.7 Å². The molecular formula is C21H25NaO8S. The Morgan fingerprint density at radius 3 is 1.87 bits per heavy atom. The molecule has 0 aliphatic heterocycles. The fraction of sp³-hybridized carbons (Fsp3) is 0.333. The molecule has 0 saturated carbocycles. The van der Waals surface area contributed by atoms with Gasteiger partial charge in [0.2, 0.25) is 5.75 Å². The maximum absolute atomic E-state index is 10.7. The van der Waals surface area contributed by atoms with Gasteiger partial charge in [0.05, 0.1) is 45.2 Å². The second-order valence-electron chi connectivity index (χ2n) is 6.17. The van der Waals surface area contributed by atoms with Gasteiger partial charge < -0.3 is 28.2 Å².